The van der Waals surface area contributed by atoms with Crippen LogP contribution in [0.2, 0.25) is 0 Å². The van der Waals surface area contributed by atoms with Crippen molar-refractivity contribution in [1.29, 1.82) is 0 Å². The lowest BCUT2D eigenvalue weighted by Crippen LogP contribution is -2.19. The number of nitrogens with one attached hydrogen (secondary N) is 1. The van der Waals surface area contributed by atoms with E-state index in [2.05, 4.69) is 26.5 Å². The van der Waals surface area contributed by atoms with Crippen molar-refractivity contribution < 1.29 is 0 Å². The van der Waals surface area contributed by atoms with Crippen LogP contribution in [0.5, 0.6) is 0 Å². The molecule has 1 aliphatic rings. The Morgan fingerprint density at radius 1 is 1.39 bits per heavy atom. The first-order valence-corrected chi connectivity index (χ1v) is 6.36. The molecule has 0 spiro atoms. The van der Waals surface area contributed by atoms with Crippen LogP contribution in [-0.2, 0) is 7.05 Å². The zero-order valence-electron chi connectivity index (χ0n) is 9.96. The van der Waals surface area contributed by atoms with E-state index < -0.39 is 0 Å². The first kappa shape index (κ1) is 13.2. The average molecular weight is 284 g/mol. The number of aryl methyl sites for hydroxylation is 1. The molecular formula is C11H14ClN5S. The van der Waals surface area contributed by atoms with Crippen LogP contribution in [0.1, 0.15) is 11.4 Å². The lowest BCUT2D eigenvalue weighted by molar-refractivity contribution is 0.738. The number of nitrogens with zero attached hydrogens (tertiary/aromatic N) is 4. The molecule has 0 saturated heterocycles. The predicted octanol–water partition coefficient (Wildman–Crippen LogP) is 1.74. The summed E-state index contributed by atoms with van der Waals surface area (Å²) >= 11 is 1.66. The van der Waals surface area contributed by atoms with Gasteiger partial charge >= 0.3 is 0 Å². The molecule has 3 heterocycles. The second kappa shape index (κ2) is 5.60. The molecule has 3 rings (SSSR count). The summed E-state index contributed by atoms with van der Waals surface area (Å²) < 4.78 is 1.71. The summed E-state index contributed by atoms with van der Waals surface area (Å²) in [5.74, 6) is 0.755. The molecule has 5 nitrogen and oxygen atoms in total. The van der Waals surface area contributed by atoms with Gasteiger partial charge in [-0.05, 0) is 18.5 Å². The molecule has 1 N–H and O–H groups in total. The minimum Gasteiger partial charge on any atom is -0.313 e. The van der Waals surface area contributed by atoms with Gasteiger partial charge in [-0.25, -0.2) is 9.97 Å². The maximum Gasteiger partial charge on any atom is 0.192 e. The maximum absolute atomic E-state index is 4.46. The Bertz CT molecular complexity index is 559. The molecule has 0 fully saturated rings. The summed E-state index contributed by atoms with van der Waals surface area (Å²) in [5, 5.41) is 8.67. The summed E-state index contributed by atoms with van der Waals surface area (Å²) in [4.78, 5) is 9.72. The summed E-state index contributed by atoms with van der Waals surface area (Å²) in [6.45, 7) is 1.97. The number of thiazole rings is 1. The van der Waals surface area contributed by atoms with Gasteiger partial charge in [0.2, 0.25) is 0 Å². The maximum atomic E-state index is 4.46. The molecule has 2 aromatic heterocycles. The Morgan fingerprint density at radius 3 is 2.94 bits per heavy atom. The van der Waals surface area contributed by atoms with Crippen molar-refractivity contribution in [2.45, 2.75) is 6.42 Å². The smallest absolute Gasteiger partial charge is 0.192 e. The molecule has 0 bridgehead atoms. The van der Waals surface area contributed by atoms with Crippen molar-refractivity contribution >= 4 is 29.3 Å². The van der Waals surface area contributed by atoms with Crippen molar-refractivity contribution in [2.75, 3.05) is 13.1 Å². The van der Waals surface area contributed by atoms with Gasteiger partial charge in [0, 0.05) is 19.8 Å². The van der Waals surface area contributed by atoms with Crippen molar-refractivity contribution in [2.24, 2.45) is 7.05 Å². The second-order valence-corrected chi connectivity index (χ2v) is 4.99. The zero-order valence-corrected chi connectivity index (χ0v) is 11.6. The van der Waals surface area contributed by atoms with E-state index in [1.807, 2.05) is 13.2 Å². The third-order valence-corrected chi connectivity index (χ3v) is 3.73. The van der Waals surface area contributed by atoms with Crippen LogP contribution in [0, 0.1) is 0 Å². The number of halogens is 1. The van der Waals surface area contributed by atoms with Gasteiger partial charge in [-0.2, -0.15) is 5.10 Å². The molecule has 7 heteroatoms. The molecule has 0 aliphatic carbocycles. The third kappa shape index (κ3) is 2.60. The highest BCUT2D eigenvalue weighted by atomic mass is 35.5. The molecule has 0 unspecified atom stereocenters. The fraction of sp³-hybridized carbons (Fsp3) is 0.364. The molecule has 0 amide bonds. The lowest BCUT2D eigenvalue weighted by atomic mass is 10.1. The van der Waals surface area contributed by atoms with Crippen LogP contribution in [0.3, 0.4) is 0 Å². The van der Waals surface area contributed by atoms with Crippen LogP contribution in [0.15, 0.2) is 18.6 Å². The van der Waals surface area contributed by atoms with Crippen LogP contribution < -0.4 is 5.32 Å². The number of aromatic nitrogens is 4. The quantitative estimate of drug-likeness (QED) is 0.912. The van der Waals surface area contributed by atoms with E-state index in [9.17, 15) is 0 Å². The van der Waals surface area contributed by atoms with Crippen LogP contribution in [-0.4, -0.2) is 32.8 Å². The lowest BCUT2D eigenvalue weighted by Gasteiger charge is -2.10. The largest absolute Gasteiger partial charge is 0.313 e. The van der Waals surface area contributed by atoms with Gasteiger partial charge in [-0.1, -0.05) is 6.08 Å². The van der Waals surface area contributed by atoms with Crippen LogP contribution in [0.4, 0.5) is 0 Å². The van der Waals surface area contributed by atoms with Crippen LogP contribution in [0.25, 0.3) is 16.3 Å². The molecule has 0 aromatic carbocycles. The first-order chi connectivity index (χ1) is 8.33. The summed E-state index contributed by atoms with van der Waals surface area (Å²) in [6, 6.07) is 0. The number of hydrogen-bond acceptors (Lipinski definition) is 5. The topological polar surface area (TPSA) is 55.6 Å². The fourth-order valence-electron chi connectivity index (χ4n) is 1.79. The SMILES string of the molecule is Cl.Cn1cnc(-c2cnc(C3=CCNCC3)s2)n1. The van der Waals surface area contributed by atoms with Gasteiger partial charge in [-0.15, -0.1) is 23.7 Å². The van der Waals surface area contributed by atoms with Gasteiger partial charge in [0.1, 0.15) is 11.3 Å². The highest BCUT2D eigenvalue weighted by Gasteiger charge is 2.12. The van der Waals surface area contributed by atoms with Crippen LogP contribution >= 0.6 is 23.7 Å². The Morgan fingerprint density at radius 2 is 2.28 bits per heavy atom. The van der Waals surface area contributed by atoms with E-state index in [1.165, 1.54) is 5.57 Å². The summed E-state index contributed by atoms with van der Waals surface area (Å²) in [5.41, 5.74) is 1.33. The van der Waals surface area contributed by atoms with Gasteiger partial charge < -0.3 is 5.32 Å². The predicted molar refractivity (Wildman–Crippen MR) is 74.8 cm³/mol. The van der Waals surface area contributed by atoms with E-state index in [4.69, 9.17) is 0 Å². The molecule has 0 saturated carbocycles. The molecule has 96 valence electrons. The first-order valence-electron chi connectivity index (χ1n) is 5.55. The Labute approximate surface area is 115 Å². The molecular weight excluding hydrogens is 270 g/mol. The van der Waals surface area contributed by atoms with E-state index in [1.54, 1.807) is 22.3 Å². The Balaban J connectivity index is 0.00000120. The van der Waals surface area contributed by atoms with Crippen molar-refractivity contribution in [3.8, 4) is 10.7 Å². The Hall–Kier alpha value is -1.24. The van der Waals surface area contributed by atoms with Gasteiger partial charge in [0.05, 0.1) is 4.88 Å². The second-order valence-electron chi connectivity index (χ2n) is 3.95. The minimum absolute atomic E-state index is 0. The third-order valence-electron chi connectivity index (χ3n) is 2.66. The standard InChI is InChI=1S/C11H13N5S.ClH/c1-16-7-14-10(15-16)9-6-13-11(17-9)8-2-4-12-5-3-8;/h2,6-7,12H,3-5H2,1H3;1H. The minimum atomic E-state index is 0. The van der Waals surface area contributed by atoms with Gasteiger partial charge in [0.15, 0.2) is 5.82 Å². The number of rotatable bonds is 2. The summed E-state index contributed by atoms with van der Waals surface area (Å²) in [6.07, 6.45) is 6.82. The number of hydrogen-bond donors (Lipinski definition) is 1. The fourth-order valence-corrected chi connectivity index (χ4v) is 2.72. The highest BCUT2D eigenvalue weighted by molar-refractivity contribution is 7.16. The molecule has 1 aliphatic heterocycles. The van der Waals surface area contributed by atoms with E-state index in [0.717, 1.165) is 35.2 Å². The Kier molecular flexibility index (Phi) is 4.11. The molecule has 0 atom stereocenters. The highest BCUT2D eigenvalue weighted by Crippen LogP contribution is 2.29. The average Bonchev–Trinajstić information content (AvgIpc) is 2.98. The molecule has 0 radical (unpaired) electrons. The summed E-state index contributed by atoms with van der Waals surface area (Å²) in [7, 11) is 1.87. The molecule has 18 heavy (non-hydrogen) atoms. The van der Waals surface area contributed by atoms with Crippen molar-refractivity contribution in [3.05, 3.63) is 23.6 Å². The zero-order chi connectivity index (χ0) is 11.7. The van der Waals surface area contributed by atoms with Crippen molar-refractivity contribution in [1.82, 2.24) is 25.1 Å². The van der Waals surface area contributed by atoms with Gasteiger partial charge in [0.25, 0.3) is 0 Å². The van der Waals surface area contributed by atoms with Gasteiger partial charge in [-0.3, -0.25) is 4.68 Å². The monoisotopic (exact) mass is 283 g/mol. The molecule has 2 aromatic rings. The normalized spacial score (nSPS) is 15.1. The van der Waals surface area contributed by atoms with E-state index in [-0.39, 0.29) is 12.4 Å². The van der Waals surface area contributed by atoms with Crippen molar-refractivity contribution in [3.63, 3.8) is 0 Å². The van der Waals surface area contributed by atoms with E-state index >= 15 is 0 Å². The van der Waals surface area contributed by atoms with E-state index in [0.29, 0.717) is 0 Å².